The van der Waals surface area contributed by atoms with Crippen LogP contribution in [0.15, 0.2) is 6.07 Å². The lowest BCUT2D eigenvalue weighted by Gasteiger charge is -2.23. The van der Waals surface area contributed by atoms with Gasteiger partial charge in [0.2, 0.25) is 0 Å². The van der Waals surface area contributed by atoms with E-state index in [1.807, 2.05) is 0 Å². The van der Waals surface area contributed by atoms with E-state index in [9.17, 15) is 27.5 Å². The first-order chi connectivity index (χ1) is 9.69. The monoisotopic (exact) mass is 309 g/mol. The molecule has 8 heteroatoms. The minimum atomic E-state index is -2.06. The zero-order chi connectivity index (χ0) is 16.2. The lowest BCUT2D eigenvalue weighted by Crippen LogP contribution is -2.41. The van der Waals surface area contributed by atoms with Crippen molar-refractivity contribution in [2.75, 3.05) is 20.3 Å². The van der Waals surface area contributed by atoms with Crippen LogP contribution in [0.5, 0.6) is 0 Å². The number of methoxy groups -OCH3 is 1. The number of hydrogen-bond acceptors (Lipinski definition) is 3. The Labute approximate surface area is 118 Å². The van der Waals surface area contributed by atoms with Crippen LogP contribution in [0.3, 0.4) is 0 Å². The number of carbonyl (C=O) groups excluding carboxylic acids is 1. The van der Waals surface area contributed by atoms with Gasteiger partial charge in [-0.3, -0.25) is 4.79 Å². The van der Waals surface area contributed by atoms with Gasteiger partial charge in [-0.2, -0.15) is 0 Å². The summed E-state index contributed by atoms with van der Waals surface area (Å²) in [5.41, 5.74) is -2.33. The van der Waals surface area contributed by atoms with Crippen LogP contribution in [-0.2, 0) is 4.74 Å². The normalized spacial score (nSPS) is 13.9. The van der Waals surface area contributed by atoms with E-state index in [4.69, 9.17) is 4.74 Å². The van der Waals surface area contributed by atoms with E-state index in [-0.39, 0.29) is 25.6 Å². The maximum Gasteiger partial charge on any atom is 0.254 e. The first kappa shape index (κ1) is 17.4. The fraction of sp³-hybridized carbons (Fsp3) is 0.462. The van der Waals surface area contributed by atoms with Gasteiger partial charge in [0.25, 0.3) is 5.91 Å². The van der Waals surface area contributed by atoms with Crippen molar-refractivity contribution in [3.05, 3.63) is 34.9 Å². The molecule has 0 aliphatic heterocycles. The maximum atomic E-state index is 13.4. The van der Waals surface area contributed by atoms with E-state index < -0.39 is 40.3 Å². The molecule has 0 radical (unpaired) electrons. The van der Waals surface area contributed by atoms with Gasteiger partial charge in [-0.05, 0) is 13.0 Å². The van der Waals surface area contributed by atoms with Crippen molar-refractivity contribution in [2.24, 2.45) is 0 Å². The quantitative estimate of drug-likeness (QED) is 0.478. The number of halogens is 4. The highest BCUT2D eigenvalue weighted by atomic mass is 19.2. The predicted octanol–water partition coefficient (Wildman–Crippen LogP) is 1.76. The first-order valence-corrected chi connectivity index (χ1v) is 6.02. The maximum absolute atomic E-state index is 13.4. The number of benzene rings is 1. The zero-order valence-corrected chi connectivity index (χ0v) is 11.5. The lowest BCUT2D eigenvalue weighted by molar-refractivity contribution is 0.0243. The Hall–Kier alpha value is -1.67. The standard InChI is InChI=1S/C13H15F4NO3/c1-13(20,3-4-21-2)6-18-12(19)7-5-8(14)10(16)11(17)9(7)15/h5,20H,3-4,6H2,1-2H3,(H,18,19). The summed E-state index contributed by atoms with van der Waals surface area (Å²) in [6.07, 6.45) is 0.179. The Bertz CT molecular complexity index is 535. The third-order valence-electron chi connectivity index (χ3n) is 2.82. The highest BCUT2D eigenvalue weighted by Gasteiger charge is 2.25. The Morgan fingerprint density at radius 3 is 2.48 bits per heavy atom. The fourth-order valence-corrected chi connectivity index (χ4v) is 1.51. The summed E-state index contributed by atoms with van der Waals surface area (Å²) in [7, 11) is 1.42. The summed E-state index contributed by atoms with van der Waals surface area (Å²) in [5, 5.41) is 12.0. The van der Waals surface area contributed by atoms with Crippen molar-refractivity contribution in [2.45, 2.75) is 18.9 Å². The Balaban J connectivity index is 2.82. The number of carbonyl (C=O) groups is 1. The van der Waals surface area contributed by atoms with Crippen LogP contribution in [0.4, 0.5) is 17.6 Å². The molecule has 21 heavy (non-hydrogen) atoms. The van der Waals surface area contributed by atoms with Gasteiger partial charge in [0, 0.05) is 26.7 Å². The molecule has 1 aromatic rings. The number of nitrogens with one attached hydrogen (secondary N) is 1. The van der Waals surface area contributed by atoms with Gasteiger partial charge in [0.05, 0.1) is 11.2 Å². The molecule has 1 atom stereocenters. The second-order valence-corrected chi connectivity index (χ2v) is 4.77. The van der Waals surface area contributed by atoms with E-state index in [0.717, 1.165) is 0 Å². The number of aliphatic hydroxyl groups is 1. The predicted molar refractivity (Wildman–Crippen MR) is 65.7 cm³/mol. The third-order valence-corrected chi connectivity index (χ3v) is 2.82. The molecule has 4 nitrogen and oxygen atoms in total. The van der Waals surface area contributed by atoms with Crippen molar-refractivity contribution in [1.29, 1.82) is 0 Å². The Morgan fingerprint density at radius 2 is 1.90 bits per heavy atom. The summed E-state index contributed by atoms with van der Waals surface area (Å²) < 4.78 is 56.9. The summed E-state index contributed by atoms with van der Waals surface area (Å²) in [5.74, 6) is -8.68. The third kappa shape index (κ3) is 4.40. The molecular formula is C13H15F4NO3. The van der Waals surface area contributed by atoms with Crippen LogP contribution >= 0.6 is 0 Å². The van der Waals surface area contributed by atoms with Crippen LogP contribution in [0, 0.1) is 23.3 Å². The minimum Gasteiger partial charge on any atom is -0.388 e. The first-order valence-electron chi connectivity index (χ1n) is 6.02. The highest BCUT2D eigenvalue weighted by Crippen LogP contribution is 2.19. The largest absolute Gasteiger partial charge is 0.388 e. The molecule has 1 rings (SSSR count). The second kappa shape index (κ2) is 6.86. The van der Waals surface area contributed by atoms with Crippen LogP contribution < -0.4 is 5.32 Å². The molecule has 0 bridgehead atoms. The smallest absolute Gasteiger partial charge is 0.254 e. The Morgan fingerprint density at radius 1 is 1.29 bits per heavy atom. The van der Waals surface area contributed by atoms with Gasteiger partial charge in [-0.15, -0.1) is 0 Å². The molecule has 0 spiro atoms. The summed E-state index contributed by atoms with van der Waals surface area (Å²) in [6.45, 7) is 1.32. The lowest BCUT2D eigenvalue weighted by atomic mass is 10.0. The molecule has 0 saturated heterocycles. The minimum absolute atomic E-state index is 0.179. The van der Waals surface area contributed by atoms with Crippen LogP contribution in [0.2, 0.25) is 0 Å². The zero-order valence-electron chi connectivity index (χ0n) is 11.5. The molecule has 0 aliphatic rings. The molecular weight excluding hydrogens is 294 g/mol. The SMILES string of the molecule is COCCC(C)(O)CNC(=O)c1cc(F)c(F)c(F)c1F. The molecule has 0 fully saturated rings. The van der Waals surface area contributed by atoms with Crippen LogP contribution in [0.25, 0.3) is 0 Å². The van der Waals surface area contributed by atoms with E-state index in [2.05, 4.69) is 5.32 Å². The van der Waals surface area contributed by atoms with E-state index in [0.29, 0.717) is 0 Å². The summed E-state index contributed by atoms with van der Waals surface area (Å²) in [4.78, 5) is 11.7. The van der Waals surface area contributed by atoms with Gasteiger partial charge < -0.3 is 15.2 Å². The fourth-order valence-electron chi connectivity index (χ4n) is 1.51. The van der Waals surface area contributed by atoms with E-state index in [1.165, 1.54) is 14.0 Å². The molecule has 0 aliphatic carbocycles. The van der Waals surface area contributed by atoms with Crippen molar-refractivity contribution >= 4 is 5.91 Å². The van der Waals surface area contributed by atoms with Crippen LogP contribution in [-0.4, -0.2) is 36.9 Å². The number of amides is 1. The molecule has 1 aromatic carbocycles. The van der Waals surface area contributed by atoms with Gasteiger partial charge in [0.1, 0.15) is 0 Å². The second-order valence-electron chi connectivity index (χ2n) is 4.77. The molecule has 0 heterocycles. The number of rotatable bonds is 6. The number of hydrogen-bond donors (Lipinski definition) is 2. The molecule has 2 N–H and O–H groups in total. The van der Waals surface area contributed by atoms with Gasteiger partial charge in [-0.25, -0.2) is 17.6 Å². The van der Waals surface area contributed by atoms with Crippen molar-refractivity contribution in [3.8, 4) is 0 Å². The molecule has 1 unspecified atom stereocenters. The molecule has 0 aromatic heterocycles. The Kier molecular flexibility index (Phi) is 5.68. The summed E-state index contributed by atoms with van der Waals surface area (Å²) >= 11 is 0. The topological polar surface area (TPSA) is 58.6 Å². The highest BCUT2D eigenvalue weighted by molar-refractivity contribution is 5.94. The van der Waals surface area contributed by atoms with E-state index in [1.54, 1.807) is 0 Å². The van der Waals surface area contributed by atoms with Crippen molar-refractivity contribution in [3.63, 3.8) is 0 Å². The average Bonchev–Trinajstić information content (AvgIpc) is 2.44. The number of ether oxygens (including phenoxy) is 1. The average molecular weight is 309 g/mol. The van der Waals surface area contributed by atoms with Crippen molar-refractivity contribution < 1.29 is 32.2 Å². The summed E-state index contributed by atoms with van der Waals surface area (Å²) in [6, 6.07) is 0.257. The molecule has 1 amide bonds. The van der Waals surface area contributed by atoms with Gasteiger partial charge in [-0.1, -0.05) is 0 Å². The van der Waals surface area contributed by atoms with Crippen LogP contribution in [0.1, 0.15) is 23.7 Å². The van der Waals surface area contributed by atoms with Crippen molar-refractivity contribution in [1.82, 2.24) is 5.32 Å². The molecule has 0 saturated carbocycles. The molecule has 118 valence electrons. The van der Waals surface area contributed by atoms with E-state index >= 15 is 0 Å². The van der Waals surface area contributed by atoms with Gasteiger partial charge in [0.15, 0.2) is 23.3 Å². The van der Waals surface area contributed by atoms with Gasteiger partial charge >= 0.3 is 0 Å².